The molecule has 8 heteroatoms. The van der Waals surface area contributed by atoms with E-state index < -0.39 is 11.7 Å². The summed E-state index contributed by atoms with van der Waals surface area (Å²) in [4.78, 5) is 11.7. The highest BCUT2D eigenvalue weighted by Gasteiger charge is 2.36. The van der Waals surface area contributed by atoms with Gasteiger partial charge in [-0.2, -0.15) is 13.2 Å². The van der Waals surface area contributed by atoms with E-state index in [-0.39, 0.29) is 16.6 Å². The van der Waals surface area contributed by atoms with Crippen molar-refractivity contribution >= 4 is 17.3 Å². The summed E-state index contributed by atoms with van der Waals surface area (Å²) >= 11 is 1.12. The molecule has 0 saturated heterocycles. The Morgan fingerprint density at radius 2 is 1.94 bits per heavy atom. The molecule has 2 rings (SSSR count). The Morgan fingerprint density at radius 3 is 2.47 bits per heavy atom. The lowest BCUT2D eigenvalue weighted by atomic mass is 10.2. The highest BCUT2D eigenvalue weighted by atomic mass is 32.1. The molecule has 0 aliphatic carbocycles. The van der Waals surface area contributed by atoms with Crippen molar-refractivity contribution in [2.24, 2.45) is 0 Å². The first kappa shape index (κ1) is 11.8. The first-order valence-corrected chi connectivity index (χ1v) is 5.32. The lowest BCUT2D eigenvalue weighted by Gasteiger charge is -2.09. The average Bonchev–Trinajstić information content (AvgIpc) is 2.62. The minimum Gasteiger partial charge on any atom is -0.368 e. The zero-order chi connectivity index (χ0) is 12.6. The number of nitrogen functional groups attached to an aromatic ring is 1. The van der Waals surface area contributed by atoms with E-state index in [2.05, 4.69) is 15.0 Å². The predicted octanol–water partition coefficient (Wildman–Crippen LogP) is 2.51. The number of nitrogens with zero attached hydrogens (tertiary/aromatic N) is 3. The summed E-state index contributed by atoms with van der Waals surface area (Å²) < 4.78 is 38.2. The van der Waals surface area contributed by atoms with Crippen molar-refractivity contribution in [3.05, 3.63) is 22.8 Å². The number of rotatable bonds is 1. The van der Waals surface area contributed by atoms with Gasteiger partial charge in [0, 0.05) is 17.3 Å². The molecule has 90 valence electrons. The molecular formula is C9H7F3N4S. The number of thiazole rings is 1. The van der Waals surface area contributed by atoms with E-state index in [0.29, 0.717) is 6.20 Å². The van der Waals surface area contributed by atoms with E-state index in [1.54, 1.807) is 6.92 Å². The van der Waals surface area contributed by atoms with Gasteiger partial charge in [0.2, 0.25) is 5.95 Å². The van der Waals surface area contributed by atoms with Crippen molar-refractivity contribution in [2.75, 3.05) is 5.73 Å². The highest BCUT2D eigenvalue weighted by molar-refractivity contribution is 7.14. The summed E-state index contributed by atoms with van der Waals surface area (Å²) in [5.74, 6) is -0.208. The van der Waals surface area contributed by atoms with Gasteiger partial charge in [0.05, 0.1) is 0 Å². The van der Waals surface area contributed by atoms with Crippen molar-refractivity contribution in [1.82, 2.24) is 15.0 Å². The first-order chi connectivity index (χ1) is 7.88. The molecule has 0 aliphatic rings. The number of anilines is 1. The van der Waals surface area contributed by atoms with Gasteiger partial charge in [-0.15, -0.1) is 11.3 Å². The maximum Gasteiger partial charge on any atom is 0.420 e. The maximum absolute atomic E-state index is 12.7. The monoisotopic (exact) mass is 260 g/mol. The molecule has 0 radical (unpaired) electrons. The highest BCUT2D eigenvalue weighted by Crippen LogP contribution is 2.36. The van der Waals surface area contributed by atoms with Crippen molar-refractivity contribution < 1.29 is 13.2 Å². The molecule has 0 unspecified atom stereocenters. The summed E-state index contributed by atoms with van der Waals surface area (Å²) in [6.45, 7) is 1.75. The number of halogens is 3. The van der Waals surface area contributed by atoms with Gasteiger partial charge in [0.1, 0.15) is 16.3 Å². The second kappa shape index (κ2) is 3.95. The Hall–Kier alpha value is -1.70. The Bertz CT molecular complexity index is 549. The fourth-order valence-corrected chi connectivity index (χ4v) is 2.00. The molecule has 0 fully saturated rings. The van der Waals surface area contributed by atoms with Gasteiger partial charge in [-0.05, 0) is 6.92 Å². The van der Waals surface area contributed by atoms with Gasteiger partial charge >= 0.3 is 6.18 Å². The third kappa shape index (κ3) is 2.36. The van der Waals surface area contributed by atoms with Crippen LogP contribution in [0.1, 0.15) is 10.4 Å². The van der Waals surface area contributed by atoms with E-state index >= 15 is 0 Å². The first-order valence-electron chi connectivity index (χ1n) is 4.50. The van der Waals surface area contributed by atoms with Crippen molar-refractivity contribution in [3.8, 4) is 10.7 Å². The van der Waals surface area contributed by atoms with E-state index in [1.165, 1.54) is 6.20 Å². The Labute approximate surface area is 98.4 Å². The summed E-state index contributed by atoms with van der Waals surface area (Å²) in [6, 6.07) is 0. The summed E-state index contributed by atoms with van der Waals surface area (Å²) in [6.07, 6.45) is -2.37. The molecule has 17 heavy (non-hydrogen) atoms. The Morgan fingerprint density at radius 1 is 1.24 bits per heavy atom. The van der Waals surface area contributed by atoms with Crippen molar-refractivity contribution in [2.45, 2.75) is 13.1 Å². The van der Waals surface area contributed by atoms with Crippen LogP contribution in [0.4, 0.5) is 19.1 Å². The topological polar surface area (TPSA) is 64.7 Å². The summed E-state index contributed by atoms with van der Waals surface area (Å²) in [7, 11) is 0. The van der Waals surface area contributed by atoms with Crippen LogP contribution in [-0.4, -0.2) is 15.0 Å². The lowest BCUT2D eigenvalue weighted by Crippen LogP contribution is -2.10. The Balaban J connectivity index is 2.63. The van der Waals surface area contributed by atoms with Crippen LogP contribution in [0, 0.1) is 6.92 Å². The molecule has 0 atom stereocenters. The third-order valence-corrected chi connectivity index (χ3v) is 2.86. The summed E-state index contributed by atoms with van der Waals surface area (Å²) in [5.41, 5.74) is 4.10. The van der Waals surface area contributed by atoms with Gasteiger partial charge in [0.15, 0.2) is 0 Å². The van der Waals surface area contributed by atoms with Gasteiger partial charge in [-0.1, -0.05) is 0 Å². The van der Waals surface area contributed by atoms with Gasteiger partial charge < -0.3 is 5.73 Å². The lowest BCUT2D eigenvalue weighted by molar-refractivity contribution is -0.137. The smallest absolute Gasteiger partial charge is 0.368 e. The summed E-state index contributed by atoms with van der Waals surface area (Å²) in [5, 5.41) is 0.184. The zero-order valence-electron chi connectivity index (χ0n) is 8.62. The SMILES string of the molecule is Cc1cnc(-c2nc(N)ncc2C(F)(F)F)s1. The molecule has 4 nitrogen and oxygen atoms in total. The number of hydrogen-bond donors (Lipinski definition) is 1. The number of alkyl halides is 3. The zero-order valence-corrected chi connectivity index (χ0v) is 9.43. The maximum atomic E-state index is 12.7. The van der Waals surface area contributed by atoms with Crippen molar-refractivity contribution in [1.29, 1.82) is 0 Å². The van der Waals surface area contributed by atoms with Crippen LogP contribution in [0.15, 0.2) is 12.4 Å². The minimum atomic E-state index is -4.53. The number of nitrogens with two attached hydrogens (primary N) is 1. The molecule has 0 aliphatic heterocycles. The van der Waals surface area contributed by atoms with E-state index in [1.807, 2.05) is 0 Å². The van der Waals surface area contributed by atoms with Crippen LogP contribution in [0.25, 0.3) is 10.7 Å². The molecule has 0 bridgehead atoms. The number of hydrogen-bond acceptors (Lipinski definition) is 5. The van der Waals surface area contributed by atoms with Gasteiger partial charge in [0.25, 0.3) is 0 Å². The van der Waals surface area contributed by atoms with Gasteiger partial charge in [-0.3, -0.25) is 0 Å². The fraction of sp³-hybridized carbons (Fsp3) is 0.222. The number of aromatic nitrogens is 3. The van der Waals surface area contributed by atoms with E-state index in [4.69, 9.17) is 5.73 Å². The molecule has 2 heterocycles. The standard InChI is InChI=1S/C9H7F3N4S/c1-4-2-14-7(17-4)6-5(9(10,11)12)3-15-8(13)16-6/h2-3H,1H3,(H2,13,15,16). The minimum absolute atomic E-state index is 0.184. The molecule has 2 aromatic heterocycles. The molecular weight excluding hydrogens is 253 g/mol. The van der Waals surface area contributed by atoms with Crippen LogP contribution in [-0.2, 0) is 6.18 Å². The molecule has 0 amide bonds. The quantitative estimate of drug-likeness (QED) is 0.855. The van der Waals surface area contributed by atoms with Crippen LogP contribution >= 0.6 is 11.3 Å². The van der Waals surface area contributed by atoms with E-state index in [0.717, 1.165) is 16.2 Å². The third-order valence-electron chi connectivity index (χ3n) is 1.94. The van der Waals surface area contributed by atoms with Crippen molar-refractivity contribution in [3.63, 3.8) is 0 Å². The fourth-order valence-electron chi connectivity index (χ4n) is 1.23. The van der Waals surface area contributed by atoms with Gasteiger partial charge in [-0.25, -0.2) is 15.0 Å². The van der Waals surface area contributed by atoms with E-state index in [9.17, 15) is 13.2 Å². The van der Waals surface area contributed by atoms with Crippen LogP contribution < -0.4 is 5.73 Å². The molecule has 0 spiro atoms. The largest absolute Gasteiger partial charge is 0.420 e. The molecule has 2 aromatic rings. The number of aryl methyl sites for hydroxylation is 1. The average molecular weight is 260 g/mol. The Kier molecular flexibility index (Phi) is 2.74. The van der Waals surface area contributed by atoms with Crippen LogP contribution in [0.3, 0.4) is 0 Å². The predicted molar refractivity (Wildman–Crippen MR) is 57.3 cm³/mol. The molecule has 2 N–H and O–H groups in total. The molecule has 0 saturated carbocycles. The van der Waals surface area contributed by atoms with Crippen LogP contribution in [0.5, 0.6) is 0 Å². The normalized spacial score (nSPS) is 11.8. The molecule has 0 aromatic carbocycles. The second-order valence-corrected chi connectivity index (χ2v) is 4.50. The van der Waals surface area contributed by atoms with Crippen LogP contribution in [0.2, 0.25) is 0 Å². The second-order valence-electron chi connectivity index (χ2n) is 3.26.